The molecule has 0 rings (SSSR count). The molecule has 0 aromatic heterocycles. The number of esters is 1. The number of ether oxygens (including phenoxy) is 2. The molecule has 3 atom stereocenters. The average Bonchev–Trinajstić information content (AvgIpc) is 3.24. The number of phosphoric ester groups is 1. The first-order valence-electron chi connectivity index (χ1n) is 24.3. The zero-order valence-electron chi connectivity index (χ0n) is 38.7. The van der Waals surface area contributed by atoms with Crippen LogP contribution in [0.1, 0.15) is 206 Å². The molecule has 0 saturated heterocycles. The quantitative estimate of drug-likeness (QED) is 0.0233. The molecule has 354 valence electrons. The van der Waals surface area contributed by atoms with Gasteiger partial charge in [0.25, 0.3) is 0 Å². The molecule has 0 heterocycles. The van der Waals surface area contributed by atoms with Crippen LogP contribution in [0.25, 0.3) is 0 Å². The third-order valence-corrected chi connectivity index (χ3v) is 11.2. The van der Waals surface area contributed by atoms with Crippen molar-refractivity contribution in [2.45, 2.75) is 219 Å². The largest absolute Gasteiger partial charge is 0.480 e. The number of carboxylic acid groups (broad SMARTS) is 1. The molecule has 0 aliphatic heterocycles. The molecule has 0 amide bonds. The summed E-state index contributed by atoms with van der Waals surface area (Å²) in [5, 5.41) is 8.92. The predicted octanol–water partition coefficient (Wildman–Crippen LogP) is 14.0. The maximum atomic E-state index is 12.7. The first kappa shape index (κ1) is 58.7. The van der Waals surface area contributed by atoms with Gasteiger partial charge in [0.2, 0.25) is 0 Å². The normalized spacial score (nSPS) is 14.3. The highest BCUT2D eigenvalue weighted by Crippen LogP contribution is 2.43. The standard InChI is InChI=1S/C50H90NO9P/c1-3-5-7-9-11-13-15-17-19-21-23-25-27-29-31-33-35-37-39-41-43-57-44-47(45-58-61(55,56)59-46-48(51)50(53)54)60-49(52)42-40-38-36-34-32-30-28-26-24-22-20-18-16-14-12-10-8-6-4-2/h6,8,12,14,17-20,24,26,47-48H,3-5,7,9-11,13,15-16,21-23,25,27-46,51H2,1-2H3,(H,53,54)(H,55,56)/b8-6-,14-12-,19-17-,20-18-,26-24-. The third kappa shape index (κ3) is 45.5. The Morgan fingerprint density at radius 3 is 1.44 bits per heavy atom. The Morgan fingerprint density at radius 2 is 0.951 bits per heavy atom. The molecular weight excluding hydrogens is 790 g/mol. The van der Waals surface area contributed by atoms with Crippen LogP contribution < -0.4 is 5.73 Å². The van der Waals surface area contributed by atoms with Crippen LogP contribution in [0.4, 0.5) is 0 Å². The second-order valence-corrected chi connectivity index (χ2v) is 17.7. The molecule has 0 aliphatic rings. The highest BCUT2D eigenvalue weighted by Gasteiger charge is 2.27. The molecule has 11 heteroatoms. The van der Waals surface area contributed by atoms with E-state index in [1.165, 1.54) is 96.3 Å². The number of nitrogens with two attached hydrogens (primary N) is 1. The molecule has 0 spiro atoms. The van der Waals surface area contributed by atoms with Crippen molar-refractivity contribution in [2.75, 3.05) is 26.4 Å². The average molecular weight is 880 g/mol. The number of carboxylic acids is 1. The van der Waals surface area contributed by atoms with Crippen molar-refractivity contribution < 1.29 is 42.7 Å². The summed E-state index contributed by atoms with van der Waals surface area (Å²) < 4.78 is 33.5. The zero-order valence-corrected chi connectivity index (χ0v) is 39.6. The van der Waals surface area contributed by atoms with Gasteiger partial charge in [0.05, 0.1) is 19.8 Å². The van der Waals surface area contributed by atoms with Crippen LogP contribution in [-0.4, -0.2) is 60.5 Å². The van der Waals surface area contributed by atoms with E-state index in [2.05, 4.69) is 74.6 Å². The summed E-state index contributed by atoms with van der Waals surface area (Å²) in [5.74, 6) is -1.79. The number of hydrogen-bond donors (Lipinski definition) is 3. The van der Waals surface area contributed by atoms with Crippen LogP contribution in [0.5, 0.6) is 0 Å². The fourth-order valence-electron chi connectivity index (χ4n) is 6.53. The molecule has 3 unspecified atom stereocenters. The van der Waals surface area contributed by atoms with Crippen LogP contribution in [0.2, 0.25) is 0 Å². The highest BCUT2D eigenvalue weighted by atomic mass is 31.2. The highest BCUT2D eigenvalue weighted by molar-refractivity contribution is 7.47. The zero-order chi connectivity index (χ0) is 44.8. The molecule has 10 nitrogen and oxygen atoms in total. The van der Waals surface area contributed by atoms with Gasteiger partial charge in [-0.05, 0) is 77.0 Å². The van der Waals surface area contributed by atoms with Crippen molar-refractivity contribution in [3.63, 3.8) is 0 Å². The number of hydrogen-bond acceptors (Lipinski definition) is 8. The minimum absolute atomic E-state index is 0.00851. The van der Waals surface area contributed by atoms with E-state index in [0.29, 0.717) is 13.0 Å². The summed E-state index contributed by atoms with van der Waals surface area (Å²) in [5.41, 5.74) is 5.37. The van der Waals surface area contributed by atoms with Crippen molar-refractivity contribution in [1.29, 1.82) is 0 Å². The molecule has 0 aliphatic carbocycles. The van der Waals surface area contributed by atoms with Crippen molar-refractivity contribution in [1.82, 2.24) is 0 Å². The predicted molar refractivity (Wildman–Crippen MR) is 254 cm³/mol. The van der Waals surface area contributed by atoms with Crippen molar-refractivity contribution >= 4 is 19.8 Å². The van der Waals surface area contributed by atoms with Crippen LogP contribution >= 0.6 is 7.82 Å². The van der Waals surface area contributed by atoms with Gasteiger partial charge in [-0.2, -0.15) is 0 Å². The Bertz CT molecular complexity index is 1200. The summed E-state index contributed by atoms with van der Waals surface area (Å²) in [4.78, 5) is 33.6. The van der Waals surface area contributed by atoms with Gasteiger partial charge in [-0.15, -0.1) is 0 Å². The van der Waals surface area contributed by atoms with E-state index >= 15 is 0 Å². The lowest BCUT2D eigenvalue weighted by Gasteiger charge is -2.20. The van der Waals surface area contributed by atoms with E-state index in [1.54, 1.807) is 0 Å². The van der Waals surface area contributed by atoms with E-state index in [-0.39, 0.29) is 13.0 Å². The second kappa shape index (κ2) is 45.7. The van der Waals surface area contributed by atoms with Crippen LogP contribution in [-0.2, 0) is 32.7 Å². The van der Waals surface area contributed by atoms with Crippen molar-refractivity contribution in [3.05, 3.63) is 60.8 Å². The fourth-order valence-corrected chi connectivity index (χ4v) is 7.31. The first-order valence-corrected chi connectivity index (χ1v) is 25.8. The molecule has 0 bridgehead atoms. The lowest BCUT2D eigenvalue weighted by Crippen LogP contribution is -2.34. The Balaban J connectivity index is 4.20. The van der Waals surface area contributed by atoms with Crippen molar-refractivity contribution in [2.24, 2.45) is 5.73 Å². The summed E-state index contributed by atoms with van der Waals surface area (Å²) in [6, 6.07) is -1.48. The molecule has 0 radical (unpaired) electrons. The summed E-state index contributed by atoms with van der Waals surface area (Å²) in [6.45, 7) is 3.76. The lowest BCUT2D eigenvalue weighted by molar-refractivity contribution is -0.154. The fraction of sp³-hybridized carbons (Fsp3) is 0.760. The number of rotatable bonds is 46. The minimum atomic E-state index is -4.63. The van der Waals surface area contributed by atoms with E-state index in [1.807, 2.05) is 0 Å². The van der Waals surface area contributed by atoms with Gasteiger partial charge < -0.3 is 25.2 Å². The minimum Gasteiger partial charge on any atom is -0.480 e. The Hall–Kier alpha value is -2.33. The Labute approximate surface area is 372 Å². The number of allylic oxidation sites excluding steroid dienone is 10. The van der Waals surface area contributed by atoms with Gasteiger partial charge in [-0.3, -0.25) is 18.6 Å². The van der Waals surface area contributed by atoms with Crippen LogP contribution in [0.3, 0.4) is 0 Å². The van der Waals surface area contributed by atoms with E-state index in [9.17, 15) is 19.0 Å². The molecule has 0 aromatic rings. The lowest BCUT2D eigenvalue weighted by atomic mass is 10.1. The maximum Gasteiger partial charge on any atom is 0.472 e. The molecular formula is C50H90NO9P. The molecule has 0 fully saturated rings. The smallest absolute Gasteiger partial charge is 0.472 e. The van der Waals surface area contributed by atoms with Crippen LogP contribution in [0, 0.1) is 0 Å². The third-order valence-electron chi connectivity index (χ3n) is 10.3. The Morgan fingerprint density at radius 1 is 0.541 bits per heavy atom. The van der Waals surface area contributed by atoms with E-state index in [0.717, 1.165) is 83.5 Å². The van der Waals surface area contributed by atoms with Crippen LogP contribution in [0.15, 0.2) is 60.8 Å². The van der Waals surface area contributed by atoms with Gasteiger partial charge in [-0.25, -0.2) is 4.57 Å². The van der Waals surface area contributed by atoms with Gasteiger partial charge in [0, 0.05) is 13.0 Å². The maximum absolute atomic E-state index is 12.7. The van der Waals surface area contributed by atoms with Gasteiger partial charge >= 0.3 is 19.8 Å². The molecule has 0 saturated carbocycles. The number of carbonyl (C=O) groups is 2. The van der Waals surface area contributed by atoms with E-state index in [4.69, 9.17) is 29.4 Å². The summed E-state index contributed by atoms with van der Waals surface area (Å²) >= 11 is 0. The van der Waals surface area contributed by atoms with Gasteiger partial charge in [0.1, 0.15) is 12.1 Å². The summed E-state index contributed by atoms with van der Waals surface area (Å²) in [7, 11) is -4.63. The molecule has 4 N–H and O–H groups in total. The number of carbonyl (C=O) groups excluding carboxylic acids is 1. The SMILES string of the molecule is CC/C=C\C/C=C\C/C=C\C/C=C\CCCCCCCCC(=O)OC(COCCCCCCCCCCCC/C=C\CCCCCCCC)COP(=O)(O)OCC(N)C(=O)O. The van der Waals surface area contributed by atoms with Gasteiger partial charge in [0.15, 0.2) is 0 Å². The van der Waals surface area contributed by atoms with Gasteiger partial charge in [-0.1, -0.05) is 184 Å². The van der Waals surface area contributed by atoms with E-state index < -0.39 is 45.1 Å². The second-order valence-electron chi connectivity index (χ2n) is 16.2. The monoisotopic (exact) mass is 880 g/mol. The Kier molecular flexibility index (Phi) is 43.9. The summed E-state index contributed by atoms with van der Waals surface area (Å²) in [6.07, 6.45) is 55.6. The van der Waals surface area contributed by atoms with Crippen molar-refractivity contribution in [3.8, 4) is 0 Å². The molecule has 61 heavy (non-hydrogen) atoms. The number of aliphatic carboxylic acids is 1. The molecule has 0 aromatic carbocycles. The number of unbranched alkanes of at least 4 members (excludes halogenated alkanes) is 22. The number of phosphoric acid groups is 1. The first-order chi connectivity index (χ1) is 29.7. The topological polar surface area (TPSA) is 155 Å².